The zero-order chi connectivity index (χ0) is 36.3. The van der Waals surface area contributed by atoms with E-state index in [1.165, 1.54) is 37.6 Å². The molecule has 14 atom stereocenters. The predicted octanol–water partition coefficient (Wildman–Crippen LogP) is -2.65. The number of benzene rings is 1. The first-order valence-corrected chi connectivity index (χ1v) is 15.9. The summed E-state index contributed by atoms with van der Waals surface area (Å²) in [5.41, 5.74) is 0.627. The van der Waals surface area contributed by atoms with Gasteiger partial charge in [-0.05, 0) is 42.5 Å². The summed E-state index contributed by atoms with van der Waals surface area (Å²) in [6, 6.07) is 3.85. The Balaban J connectivity index is 1.19. The lowest BCUT2D eigenvalue weighted by atomic mass is 9.83. The number of ether oxygens (including phenoxy) is 7. The van der Waals surface area contributed by atoms with Crippen LogP contribution >= 0.6 is 0 Å². The third kappa shape index (κ3) is 8.05. The van der Waals surface area contributed by atoms with Gasteiger partial charge in [0, 0.05) is 24.5 Å². The van der Waals surface area contributed by atoms with E-state index in [1.54, 1.807) is 0 Å². The lowest BCUT2D eigenvalue weighted by Gasteiger charge is -2.44. The number of aliphatic hydroxyl groups is 7. The van der Waals surface area contributed by atoms with Gasteiger partial charge in [-0.25, -0.2) is 9.59 Å². The summed E-state index contributed by atoms with van der Waals surface area (Å²) >= 11 is 0. The van der Waals surface area contributed by atoms with Crippen molar-refractivity contribution >= 4 is 18.0 Å². The summed E-state index contributed by atoms with van der Waals surface area (Å²) in [4.78, 5) is 24.6. The van der Waals surface area contributed by atoms with Gasteiger partial charge in [0.15, 0.2) is 24.1 Å². The Morgan fingerprint density at radius 2 is 1.50 bits per heavy atom. The Morgan fingerprint density at radius 1 is 0.840 bits per heavy atom. The molecule has 50 heavy (non-hydrogen) atoms. The maximum absolute atomic E-state index is 12.3. The highest BCUT2D eigenvalue weighted by Gasteiger charge is 2.52. The Morgan fingerprint density at radius 3 is 2.16 bits per heavy atom. The van der Waals surface area contributed by atoms with E-state index in [-0.39, 0.29) is 23.8 Å². The molecule has 0 spiro atoms. The van der Waals surface area contributed by atoms with E-state index in [0.29, 0.717) is 18.4 Å². The van der Waals surface area contributed by atoms with Crippen molar-refractivity contribution in [2.45, 2.75) is 80.5 Å². The van der Waals surface area contributed by atoms with Crippen LogP contribution in [0, 0.1) is 17.8 Å². The molecule has 4 aliphatic rings. The van der Waals surface area contributed by atoms with E-state index in [9.17, 15) is 55.5 Å². The van der Waals surface area contributed by atoms with Crippen molar-refractivity contribution in [3.8, 4) is 11.5 Å². The smallest absolute Gasteiger partial charge is 0.337 e. The Kier molecular flexibility index (Phi) is 12.3. The van der Waals surface area contributed by atoms with E-state index in [2.05, 4.69) is 0 Å². The molecule has 5 rings (SSSR count). The second-order valence-electron chi connectivity index (χ2n) is 12.5. The second-order valence-corrected chi connectivity index (χ2v) is 12.5. The molecule has 3 aliphatic heterocycles. The van der Waals surface area contributed by atoms with Gasteiger partial charge in [0.1, 0.15) is 55.4 Å². The predicted molar refractivity (Wildman–Crippen MR) is 162 cm³/mol. The normalized spacial score (nSPS) is 38.6. The first-order chi connectivity index (χ1) is 23.8. The number of hydrogen-bond acceptors (Lipinski definition) is 18. The van der Waals surface area contributed by atoms with Crippen molar-refractivity contribution in [3.05, 3.63) is 41.7 Å². The summed E-state index contributed by atoms with van der Waals surface area (Å²) in [6.07, 6.45) is -13.3. The first kappa shape index (κ1) is 37.8. The Bertz CT molecular complexity index is 1400. The maximum Gasteiger partial charge on any atom is 0.337 e. The number of fused-ring (bicyclic) bond motifs is 1. The lowest BCUT2D eigenvalue weighted by Crippen LogP contribution is -2.62. The van der Waals surface area contributed by atoms with E-state index in [1.807, 2.05) is 0 Å². The number of esters is 2. The van der Waals surface area contributed by atoms with Gasteiger partial charge in [-0.1, -0.05) is 6.07 Å². The highest BCUT2D eigenvalue weighted by atomic mass is 16.8. The molecule has 0 aromatic heterocycles. The van der Waals surface area contributed by atoms with E-state index in [4.69, 9.17) is 33.2 Å². The van der Waals surface area contributed by atoms with Crippen molar-refractivity contribution < 1.29 is 88.7 Å². The number of aromatic hydroxyl groups is 2. The Hall–Kier alpha value is -3.40. The number of rotatable bonds is 11. The summed E-state index contributed by atoms with van der Waals surface area (Å²) in [6.45, 7) is -1.44. The van der Waals surface area contributed by atoms with Gasteiger partial charge in [-0.15, -0.1) is 0 Å². The average Bonchev–Trinajstić information content (AvgIpc) is 3.55. The molecule has 9 N–H and O–H groups in total. The molecule has 2 unspecified atom stereocenters. The third-order valence-electron chi connectivity index (χ3n) is 9.39. The van der Waals surface area contributed by atoms with Gasteiger partial charge >= 0.3 is 11.9 Å². The second kappa shape index (κ2) is 16.3. The minimum atomic E-state index is -1.82. The van der Waals surface area contributed by atoms with Crippen LogP contribution in [0.5, 0.6) is 11.5 Å². The highest BCUT2D eigenvalue weighted by molar-refractivity contribution is 5.89. The van der Waals surface area contributed by atoms with Crippen LogP contribution < -0.4 is 0 Å². The summed E-state index contributed by atoms with van der Waals surface area (Å²) in [5.74, 6) is -3.51. The average molecular weight is 715 g/mol. The van der Waals surface area contributed by atoms with Crippen LogP contribution in [-0.4, -0.2) is 153 Å². The number of carbonyl (C=O) groups is 2. The first-order valence-electron chi connectivity index (χ1n) is 15.9. The molecule has 0 amide bonds. The van der Waals surface area contributed by atoms with Crippen molar-refractivity contribution in [3.63, 3.8) is 0 Å². The highest BCUT2D eigenvalue weighted by Crippen LogP contribution is 2.47. The van der Waals surface area contributed by atoms with E-state index in [0.717, 1.165) is 6.08 Å². The summed E-state index contributed by atoms with van der Waals surface area (Å²) < 4.78 is 38.4. The molecule has 2 saturated heterocycles. The number of phenolic OH excluding ortho intramolecular Hbond substituents is 2. The quantitative estimate of drug-likeness (QED) is 0.0643. The van der Waals surface area contributed by atoms with Gasteiger partial charge in [-0.2, -0.15) is 0 Å². The standard InChI is InChI=1S/C32H42O18/c1-44-29(43)16-10-46-30(22-14(9-33)4-5-15(16)22)50-32-28(42)26(40)24(38)20(49-32)12-47-31-27(41)25(39)23(37)19(48-31)11-45-21(36)7-3-13-2-6-17(34)18(35)8-13/h2-3,6-8,10,14-15,19-20,22-28,30-35,37-42H,4-5,9,11-12H2,1H3/b7-3+/t14?,15-,19-,20-,22?,23-,24-,25+,26+,27-,28-,30+,31-,32+/m1/s1. The van der Waals surface area contributed by atoms with Crippen molar-refractivity contribution in [1.82, 2.24) is 0 Å². The number of carbonyl (C=O) groups excluding carboxylic acids is 2. The molecule has 1 saturated carbocycles. The third-order valence-corrected chi connectivity index (χ3v) is 9.39. The monoisotopic (exact) mass is 714 g/mol. The van der Waals surface area contributed by atoms with Gasteiger partial charge in [0.25, 0.3) is 0 Å². The van der Waals surface area contributed by atoms with E-state index < -0.39 is 110 Å². The van der Waals surface area contributed by atoms with Gasteiger partial charge in [0.2, 0.25) is 6.29 Å². The van der Waals surface area contributed by atoms with Gasteiger partial charge < -0.3 is 79.1 Å². The summed E-state index contributed by atoms with van der Waals surface area (Å²) in [5, 5.41) is 92.3. The topological polar surface area (TPSA) is 281 Å². The van der Waals surface area contributed by atoms with Crippen molar-refractivity contribution in [2.24, 2.45) is 17.8 Å². The molecule has 3 fully saturated rings. The molecule has 278 valence electrons. The largest absolute Gasteiger partial charge is 0.504 e. The fourth-order valence-corrected chi connectivity index (χ4v) is 6.55. The zero-order valence-corrected chi connectivity index (χ0v) is 26.8. The molecule has 1 aromatic carbocycles. The van der Waals surface area contributed by atoms with Crippen molar-refractivity contribution in [1.29, 1.82) is 0 Å². The van der Waals surface area contributed by atoms with Crippen LogP contribution in [0.2, 0.25) is 0 Å². The fraction of sp³-hybridized carbons (Fsp3) is 0.625. The van der Waals surface area contributed by atoms with Gasteiger partial charge in [0.05, 0.1) is 25.6 Å². The number of phenols is 2. The molecular formula is C32H42O18. The molecule has 0 radical (unpaired) electrons. The van der Waals surface area contributed by atoms with Crippen LogP contribution in [0.4, 0.5) is 0 Å². The zero-order valence-electron chi connectivity index (χ0n) is 26.8. The minimum Gasteiger partial charge on any atom is -0.504 e. The fourth-order valence-electron chi connectivity index (χ4n) is 6.55. The molecule has 0 bridgehead atoms. The van der Waals surface area contributed by atoms with E-state index >= 15 is 0 Å². The molecule has 18 heteroatoms. The number of hydrogen-bond donors (Lipinski definition) is 9. The molecule has 3 heterocycles. The number of methoxy groups -OCH3 is 1. The SMILES string of the molecule is COC(=O)C1=CO[C@@H](O[C@@H]2O[C@H](CO[C@@H]3O[C@H](COC(=O)/C=C/c4ccc(O)c(O)c4)[C@@H](O)[C@H](O)[C@H]3O)[C@@H](O)[C@H](O)[C@H]2O)C2C(CO)CC[C@H]12. The molecular weight excluding hydrogens is 672 g/mol. The molecule has 1 aliphatic carbocycles. The van der Waals surface area contributed by atoms with Crippen molar-refractivity contribution in [2.75, 3.05) is 26.9 Å². The maximum atomic E-state index is 12.3. The van der Waals surface area contributed by atoms with Crippen LogP contribution in [0.1, 0.15) is 18.4 Å². The van der Waals surface area contributed by atoms with Crippen LogP contribution in [0.25, 0.3) is 6.08 Å². The van der Waals surface area contributed by atoms with Crippen LogP contribution in [0.15, 0.2) is 36.1 Å². The number of aliphatic hydroxyl groups excluding tert-OH is 7. The minimum absolute atomic E-state index is 0.239. The molecule has 1 aromatic rings. The Labute approximate surface area is 285 Å². The lowest BCUT2D eigenvalue weighted by molar-refractivity contribution is -0.354. The van der Waals surface area contributed by atoms with Gasteiger partial charge in [-0.3, -0.25) is 0 Å². The molecule has 18 nitrogen and oxygen atoms in total. The summed E-state index contributed by atoms with van der Waals surface area (Å²) in [7, 11) is 1.23. The van der Waals surface area contributed by atoms with Crippen LogP contribution in [0.3, 0.4) is 0 Å². The van der Waals surface area contributed by atoms with Crippen LogP contribution in [-0.2, 0) is 42.7 Å².